The summed E-state index contributed by atoms with van der Waals surface area (Å²) in [5.74, 6) is -2.43. The Hall–Kier alpha value is -5.02. The molecule has 3 fully saturated rings. The van der Waals surface area contributed by atoms with E-state index in [1.165, 1.54) is 11.0 Å². The molecule has 1 aromatic heterocycles. The van der Waals surface area contributed by atoms with Crippen LogP contribution in [0.3, 0.4) is 0 Å². The Morgan fingerprint density at radius 3 is 2.40 bits per heavy atom. The lowest BCUT2D eigenvalue weighted by Gasteiger charge is -2.32. The highest BCUT2D eigenvalue weighted by Gasteiger charge is 2.62. The fraction of sp³-hybridized carbons (Fsp3) is 0.475. The van der Waals surface area contributed by atoms with Gasteiger partial charge < -0.3 is 29.7 Å². The largest absolute Gasteiger partial charge is 0.472 e. The van der Waals surface area contributed by atoms with E-state index in [2.05, 4.69) is 21.9 Å². The number of pyridine rings is 1. The van der Waals surface area contributed by atoms with E-state index in [4.69, 9.17) is 19.2 Å². The van der Waals surface area contributed by atoms with E-state index in [-0.39, 0.29) is 26.0 Å². The molecule has 0 spiro atoms. The number of nitrogens with one attached hydrogen (secondary N) is 3. The van der Waals surface area contributed by atoms with Crippen molar-refractivity contribution in [2.75, 3.05) is 13.2 Å². The number of fused-ring (bicyclic) bond motifs is 1. The number of hydrogen-bond acceptors (Lipinski definition) is 10. The first-order chi connectivity index (χ1) is 26.0. The molecule has 6 rings (SSSR count). The van der Waals surface area contributed by atoms with Crippen molar-refractivity contribution < 1.29 is 41.8 Å². The molecule has 3 aromatic rings. The van der Waals surface area contributed by atoms with Crippen molar-refractivity contribution in [1.29, 1.82) is 0 Å². The molecule has 2 aliphatic carbocycles. The van der Waals surface area contributed by atoms with Gasteiger partial charge in [-0.05, 0) is 71.4 Å². The van der Waals surface area contributed by atoms with E-state index >= 15 is 0 Å². The summed E-state index contributed by atoms with van der Waals surface area (Å²) in [6.45, 7) is 12.4. The molecule has 1 aliphatic heterocycles. The molecular weight excluding hydrogens is 727 g/mol. The summed E-state index contributed by atoms with van der Waals surface area (Å²) >= 11 is 0. The summed E-state index contributed by atoms with van der Waals surface area (Å²) in [6, 6.07) is 16.7. The van der Waals surface area contributed by atoms with E-state index in [9.17, 15) is 27.6 Å². The summed E-state index contributed by atoms with van der Waals surface area (Å²) < 4.78 is 45.5. The predicted molar refractivity (Wildman–Crippen MR) is 205 cm³/mol. The second-order valence-corrected chi connectivity index (χ2v) is 17.3. The zero-order valence-electron chi connectivity index (χ0n) is 31.7. The SMILES string of the molecule is C=C[C@@H]1C[C@]1(NC(=O)[C@@H]1CC(Oc2nc(-c3ccccc3)cc3ccccc23)CN1C(=O)C(NC(=O)OC(C)(C)C)[C@H](C)OCC)C(=O)NS(=O)(=O)C1CC1. The van der Waals surface area contributed by atoms with E-state index in [0.717, 1.165) is 16.3 Å². The quantitative estimate of drug-likeness (QED) is 0.201. The minimum Gasteiger partial charge on any atom is -0.472 e. The molecular formula is C40H49N5O9S. The Kier molecular flexibility index (Phi) is 11.3. The number of carbonyl (C=O) groups excluding carboxylic acids is 4. The van der Waals surface area contributed by atoms with Crippen LogP contribution in [-0.4, -0.2) is 95.9 Å². The molecule has 294 valence electrons. The van der Waals surface area contributed by atoms with Gasteiger partial charge in [0.15, 0.2) is 0 Å². The van der Waals surface area contributed by atoms with Gasteiger partial charge in [0.05, 0.1) is 23.6 Å². The van der Waals surface area contributed by atoms with Crippen molar-refractivity contribution in [3.05, 3.63) is 73.3 Å². The molecule has 2 aromatic carbocycles. The molecule has 0 radical (unpaired) electrons. The van der Waals surface area contributed by atoms with Crippen molar-refractivity contribution in [3.8, 4) is 17.1 Å². The number of ether oxygens (including phenoxy) is 3. The third-order valence-corrected chi connectivity index (χ3v) is 11.8. The molecule has 2 heterocycles. The molecule has 55 heavy (non-hydrogen) atoms. The molecule has 1 saturated heterocycles. The molecule has 2 unspecified atom stereocenters. The van der Waals surface area contributed by atoms with Crippen LogP contribution in [0.25, 0.3) is 22.0 Å². The Balaban J connectivity index is 1.33. The van der Waals surface area contributed by atoms with Gasteiger partial charge >= 0.3 is 6.09 Å². The number of rotatable bonds is 14. The topological polar surface area (TPSA) is 182 Å². The molecule has 4 amide bonds. The van der Waals surface area contributed by atoms with Crippen LogP contribution in [0.15, 0.2) is 73.3 Å². The summed E-state index contributed by atoms with van der Waals surface area (Å²) in [4.78, 5) is 61.7. The van der Waals surface area contributed by atoms with Crippen molar-refractivity contribution in [1.82, 2.24) is 25.2 Å². The molecule has 6 atom stereocenters. The van der Waals surface area contributed by atoms with Crippen molar-refractivity contribution in [2.24, 2.45) is 5.92 Å². The van der Waals surface area contributed by atoms with Crippen LogP contribution >= 0.6 is 0 Å². The minimum absolute atomic E-state index is 0.0118. The second kappa shape index (κ2) is 15.6. The number of sulfonamides is 1. The number of hydrogen-bond donors (Lipinski definition) is 3. The lowest BCUT2D eigenvalue weighted by molar-refractivity contribution is -0.143. The molecule has 14 nitrogen and oxygen atoms in total. The zero-order valence-corrected chi connectivity index (χ0v) is 32.6. The fourth-order valence-electron chi connectivity index (χ4n) is 6.92. The zero-order chi connectivity index (χ0) is 39.7. The fourth-order valence-corrected chi connectivity index (χ4v) is 8.28. The van der Waals surface area contributed by atoms with Gasteiger partial charge in [0.2, 0.25) is 27.7 Å². The number of benzene rings is 2. The normalized spacial score (nSPS) is 23.3. The summed E-state index contributed by atoms with van der Waals surface area (Å²) in [5.41, 5.74) is -0.907. The highest BCUT2D eigenvalue weighted by atomic mass is 32.2. The number of carbonyl (C=O) groups is 4. The number of amides is 4. The Morgan fingerprint density at radius 2 is 1.76 bits per heavy atom. The van der Waals surface area contributed by atoms with Crippen LogP contribution in [0.4, 0.5) is 4.79 Å². The van der Waals surface area contributed by atoms with E-state index < -0.39 is 80.4 Å². The third kappa shape index (κ3) is 8.94. The lowest BCUT2D eigenvalue weighted by Crippen LogP contribution is -2.60. The smallest absolute Gasteiger partial charge is 0.408 e. The Bertz CT molecular complexity index is 2070. The van der Waals surface area contributed by atoms with Gasteiger partial charge in [0, 0.05) is 29.9 Å². The third-order valence-electron chi connectivity index (χ3n) is 9.99. The van der Waals surface area contributed by atoms with Crippen LogP contribution in [0.2, 0.25) is 0 Å². The van der Waals surface area contributed by atoms with E-state index in [1.54, 1.807) is 34.6 Å². The summed E-state index contributed by atoms with van der Waals surface area (Å²) in [5, 5.41) is 6.37. The average molecular weight is 776 g/mol. The second-order valence-electron chi connectivity index (χ2n) is 15.3. The maximum absolute atomic E-state index is 14.6. The van der Waals surface area contributed by atoms with Gasteiger partial charge in [-0.3, -0.25) is 19.1 Å². The maximum Gasteiger partial charge on any atom is 0.408 e. The van der Waals surface area contributed by atoms with Crippen LogP contribution < -0.4 is 20.1 Å². The first-order valence-corrected chi connectivity index (χ1v) is 20.1. The van der Waals surface area contributed by atoms with Gasteiger partial charge in [0.1, 0.15) is 29.3 Å². The highest BCUT2D eigenvalue weighted by molar-refractivity contribution is 7.91. The number of likely N-dealkylation sites (tertiary alicyclic amines) is 1. The van der Waals surface area contributed by atoms with Gasteiger partial charge in [-0.15, -0.1) is 6.58 Å². The molecule has 0 bridgehead atoms. The number of nitrogens with zero attached hydrogens (tertiary/aromatic N) is 2. The first kappa shape index (κ1) is 39.7. The van der Waals surface area contributed by atoms with Gasteiger partial charge in [-0.2, -0.15) is 0 Å². The van der Waals surface area contributed by atoms with Crippen molar-refractivity contribution in [2.45, 2.75) is 101 Å². The molecule has 2 saturated carbocycles. The predicted octanol–water partition coefficient (Wildman–Crippen LogP) is 4.24. The van der Waals surface area contributed by atoms with Gasteiger partial charge in [-0.25, -0.2) is 18.2 Å². The van der Waals surface area contributed by atoms with Crippen LogP contribution in [-0.2, 0) is 33.9 Å². The van der Waals surface area contributed by atoms with Crippen molar-refractivity contribution >= 4 is 44.6 Å². The van der Waals surface area contributed by atoms with Crippen LogP contribution in [0.5, 0.6) is 5.88 Å². The lowest BCUT2D eigenvalue weighted by atomic mass is 10.1. The number of aromatic nitrogens is 1. The van der Waals surface area contributed by atoms with Gasteiger partial charge in [-0.1, -0.05) is 54.6 Å². The molecule has 3 N–H and O–H groups in total. The summed E-state index contributed by atoms with van der Waals surface area (Å²) in [6.07, 6.45) is 0.0610. The Labute approximate surface area is 321 Å². The van der Waals surface area contributed by atoms with Crippen molar-refractivity contribution in [3.63, 3.8) is 0 Å². The standard InChI is InChI=1S/C40H49N5O9S/c1-7-27-22-40(27,37(48)44-55(50,51)29-18-19-29)43-34(46)32-21-28(23-45(32)36(47)33(24(3)52-8-2)42-38(49)54-39(4,5)6)53-35-30-17-13-12-16-26(30)20-31(41-35)25-14-10-9-11-15-25/h7,9-17,20,24,27-29,32-33H,1,8,18-19,21-23H2,2-6H3,(H,42,49)(H,43,46)(H,44,48)/t24-,27+,28?,32-,33?,40+/m0/s1. The van der Waals surface area contributed by atoms with Crippen LogP contribution in [0.1, 0.15) is 60.3 Å². The molecule has 15 heteroatoms. The molecule has 3 aliphatic rings. The average Bonchev–Trinajstić information content (AvgIpc) is 4.07. The Morgan fingerprint density at radius 1 is 1.07 bits per heavy atom. The van der Waals surface area contributed by atoms with E-state index in [1.807, 2.05) is 60.7 Å². The highest BCUT2D eigenvalue weighted by Crippen LogP contribution is 2.45. The van der Waals surface area contributed by atoms with Crippen LogP contribution in [0, 0.1) is 5.92 Å². The minimum atomic E-state index is -3.92. The van der Waals surface area contributed by atoms with E-state index in [0.29, 0.717) is 24.4 Å². The summed E-state index contributed by atoms with van der Waals surface area (Å²) in [7, 11) is -3.92. The van der Waals surface area contributed by atoms with Gasteiger partial charge in [0.25, 0.3) is 5.91 Å². The first-order valence-electron chi connectivity index (χ1n) is 18.6. The monoisotopic (exact) mass is 775 g/mol. The maximum atomic E-state index is 14.6. The number of alkyl carbamates (subject to hydrolysis) is 1.